The first-order valence-corrected chi connectivity index (χ1v) is 9.22. The second kappa shape index (κ2) is 7.76. The number of benzene rings is 1. The highest BCUT2D eigenvalue weighted by Crippen LogP contribution is 2.39. The van der Waals surface area contributed by atoms with E-state index in [2.05, 4.69) is 5.32 Å². The van der Waals surface area contributed by atoms with Gasteiger partial charge in [-0.05, 0) is 72.1 Å². The van der Waals surface area contributed by atoms with Gasteiger partial charge in [-0.25, -0.2) is 9.18 Å². The number of phenols is 1. The molecule has 0 spiro atoms. The van der Waals surface area contributed by atoms with Gasteiger partial charge in [0.2, 0.25) is 0 Å². The van der Waals surface area contributed by atoms with Crippen LogP contribution in [0.1, 0.15) is 54.0 Å². The van der Waals surface area contributed by atoms with Crippen LogP contribution in [0.15, 0.2) is 23.7 Å². The molecule has 2 N–H and O–H groups in total. The maximum Gasteiger partial charge on any atom is 0.492 e. The molecule has 8 heteroatoms. The topological polar surface area (TPSA) is 77.0 Å². The van der Waals surface area contributed by atoms with Gasteiger partial charge in [0.05, 0.1) is 11.2 Å². The number of carbonyl (C=O) groups is 1. The molecular formula is C20H29BFNO5. The Balaban J connectivity index is 2.30. The van der Waals surface area contributed by atoms with Crippen LogP contribution in [0.3, 0.4) is 0 Å². The molecule has 0 aromatic heterocycles. The predicted octanol–water partition coefficient (Wildman–Crippen LogP) is 4.07. The zero-order valence-corrected chi connectivity index (χ0v) is 17.6. The largest absolute Gasteiger partial charge is 0.508 e. The van der Waals surface area contributed by atoms with Crippen LogP contribution in [-0.2, 0) is 14.0 Å². The third kappa shape index (κ3) is 5.48. The van der Waals surface area contributed by atoms with Gasteiger partial charge in [0.15, 0.2) is 0 Å². The van der Waals surface area contributed by atoms with Crippen molar-refractivity contribution >= 4 is 19.3 Å². The van der Waals surface area contributed by atoms with Crippen LogP contribution in [-0.4, -0.2) is 41.7 Å². The molecule has 1 saturated heterocycles. The minimum absolute atomic E-state index is 0.0286. The van der Waals surface area contributed by atoms with Gasteiger partial charge >= 0.3 is 13.2 Å². The number of carbonyl (C=O) groups excluding carboxylic acids is 1. The molecular weight excluding hydrogens is 364 g/mol. The minimum Gasteiger partial charge on any atom is -0.508 e. The van der Waals surface area contributed by atoms with Crippen LogP contribution in [0.5, 0.6) is 5.75 Å². The van der Waals surface area contributed by atoms with Crippen molar-refractivity contribution in [1.29, 1.82) is 0 Å². The summed E-state index contributed by atoms with van der Waals surface area (Å²) in [5.41, 5.74) is -1.18. The zero-order valence-electron chi connectivity index (χ0n) is 17.6. The summed E-state index contributed by atoms with van der Waals surface area (Å²) in [5.74, 6) is -0.579. The highest BCUT2D eigenvalue weighted by atomic mass is 19.1. The summed E-state index contributed by atoms with van der Waals surface area (Å²) in [6.45, 7) is 12.9. The van der Waals surface area contributed by atoms with Gasteiger partial charge in [0.1, 0.15) is 17.2 Å². The number of hydrogen-bond acceptors (Lipinski definition) is 5. The molecule has 28 heavy (non-hydrogen) atoms. The first-order valence-electron chi connectivity index (χ1n) is 9.22. The van der Waals surface area contributed by atoms with E-state index in [0.29, 0.717) is 5.47 Å². The molecule has 1 fully saturated rings. The van der Waals surface area contributed by atoms with Gasteiger partial charge in [-0.2, -0.15) is 0 Å². The fourth-order valence-electron chi connectivity index (χ4n) is 2.53. The van der Waals surface area contributed by atoms with E-state index in [9.17, 15) is 14.3 Å². The molecule has 0 aliphatic carbocycles. The Labute approximate surface area is 166 Å². The molecule has 1 heterocycles. The molecule has 6 nitrogen and oxygen atoms in total. The Morgan fingerprint density at radius 1 is 1.25 bits per heavy atom. The summed E-state index contributed by atoms with van der Waals surface area (Å²) in [5, 5.41) is 12.3. The van der Waals surface area contributed by atoms with Crippen molar-refractivity contribution in [3.05, 3.63) is 35.1 Å². The van der Waals surface area contributed by atoms with Crippen molar-refractivity contribution in [3.63, 3.8) is 0 Å². The van der Waals surface area contributed by atoms with E-state index in [-0.39, 0.29) is 17.9 Å². The molecule has 0 radical (unpaired) electrons. The molecule has 1 aromatic rings. The number of amides is 1. The molecule has 1 aromatic carbocycles. The van der Waals surface area contributed by atoms with Crippen molar-refractivity contribution in [2.24, 2.45) is 0 Å². The molecule has 1 amide bonds. The fraction of sp³-hybridized carbons (Fsp3) is 0.550. The number of phenolic OH excluding ortho intramolecular Hbond substituents is 1. The second-order valence-corrected chi connectivity index (χ2v) is 8.87. The van der Waals surface area contributed by atoms with Crippen LogP contribution in [0, 0.1) is 5.82 Å². The van der Waals surface area contributed by atoms with E-state index in [1.54, 1.807) is 20.8 Å². The smallest absolute Gasteiger partial charge is 0.492 e. The summed E-state index contributed by atoms with van der Waals surface area (Å²) in [6.07, 6.45) is 0.903. The maximum atomic E-state index is 14.2. The molecule has 0 saturated carbocycles. The molecule has 1 aliphatic rings. The lowest BCUT2D eigenvalue weighted by Crippen LogP contribution is -2.41. The highest BCUT2D eigenvalue weighted by molar-refractivity contribution is 6.56. The SMILES string of the molecule is CC(C)(C)OC(=O)NCC(=Cc1cc(O)ccc1F)B1OC(C)(C)C(C)(C)O1. The van der Waals surface area contributed by atoms with Crippen LogP contribution in [0.4, 0.5) is 9.18 Å². The summed E-state index contributed by atoms with van der Waals surface area (Å²) >= 11 is 0. The first-order chi connectivity index (χ1) is 12.7. The summed E-state index contributed by atoms with van der Waals surface area (Å²) < 4.78 is 31.5. The Morgan fingerprint density at radius 3 is 2.36 bits per heavy atom. The standard InChI is InChI=1S/C20H29BFNO5/c1-18(2,3)26-17(25)23-12-14(10-13-11-15(24)8-9-16(13)22)21-27-19(4,5)20(6,7)28-21/h8-11,24H,12H2,1-7H3,(H,23,25). The van der Waals surface area contributed by atoms with Crippen molar-refractivity contribution in [1.82, 2.24) is 5.32 Å². The van der Waals surface area contributed by atoms with E-state index in [4.69, 9.17) is 14.0 Å². The van der Waals surface area contributed by atoms with Crippen LogP contribution < -0.4 is 5.32 Å². The normalized spacial score (nSPS) is 18.9. The predicted molar refractivity (Wildman–Crippen MR) is 106 cm³/mol. The number of rotatable bonds is 4. The Morgan fingerprint density at radius 2 is 1.82 bits per heavy atom. The fourth-order valence-corrected chi connectivity index (χ4v) is 2.53. The highest BCUT2D eigenvalue weighted by Gasteiger charge is 2.52. The van der Waals surface area contributed by atoms with Gasteiger partial charge in [-0.15, -0.1) is 0 Å². The zero-order chi connectivity index (χ0) is 21.3. The number of halogens is 1. The van der Waals surface area contributed by atoms with E-state index in [0.717, 1.165) is 0 Å². The van der Waals surface area contributed by atoms with Gasteiger partial charge in [-0.3, -0.25) is 0 Å². The van der Waals surface area contributed by atoms with E-state index >= 15 is 0 Å². The molecule has 1 aliphatic heterocycles. The molecule has 2 rings (SSSR count). The quantitative estimate of drug-likeness (QED) is 0.755. The van der Waals surface area contributed by atoms with Crippen LogP contribution in [0.25, 0.3) is 6.08 Å². The molecule has 154 valence electrons. The van der Waals surface area contributed by atoms with E-state index in [1.165, 1.54) is 24.3 Å². The van der Waals surface area contributed by atoms with Crippen molar-refractivity contribution in [2.75, 3.05) is 6.54 Å². The number of alkyl carbamates (subject to hydrolysis) is 1. The lowest BCUT2D eigenvalue weighted by molar-refractivity contribution is 0.00578. The lowest BCUT2D eigenvalue weighted by atomic mass is 9.77. The average Bonchev–Trinajstić information content (AvgIpc) is 2.73. The van der Waals surface area contributed by atoms with Gasteiger partial charge in [0.25, 0.3) is 0 Å². The third-order valence-electron chi connectivity index (χ3n) is 4.71. The number of hydrogen-bond donors (Lipinski definition) is 2. The van der Waals surface area contributed by atoms with Gasteiger partial charge in [-0.1, -0.05) is 6.08 Å². The van der Waals surface area contributed by atoms with Gasteiger partial charge in [0, 0.05) is 12.1 Å². The number of nitrogens with one attached hydrogen (secondary N) is 1. The Bertz CT molecular complexity index is 754. The summed E-state index contributed by atoms with van der Waals surface area (Å²) in [4.78, 5) is 12.0. The summed E-state index contributed by atoms with van der Waals surface area (Å²) in [6, 6.07) is 3.73. The van der Waals surface area contributed by atoms with Crippen molar-refractivity contribution in [2.45, 2.75) is 65.3 Å². The third-order valence-corrected chi connectivity index (χ3v) is 4.71. The average molecular weight is 393 g/mol. The minimum atomic E-state index is -0.790. The number of ether oxygens (including phenoxy) is 1. The van der Waals surface area contributed by atoms with Crippen LogP contribution >= 0.6 is 0 Å². The Kier molecular flexibility index (Phi) is 6.16. The lowest BCUT2D eigenvalue weighted by Gasteiger charge is -2.32. The van der Waals surface area contributed by atoms with E-state index < -0.39 is 35.8 Å². The molecule has 0 unspecified atom stereocenters. The van der Waals surface area contributed by atoms with E-state index in [1.807, 2.05) is 27.7 Å². The molecule has 0 bridgehead atoms. The monoisotopic (exact) mass is 393 g/mol. The second-order valence-electron chi connectivity index (χ2n) is 8.87. The maximum absolute atomic E-state index is 14.2. The Hall–Kier alpha value is -2.06. The first kappa shape index (κ1) is 22.2. The van der Waals surface area contributed by atoms with Crippen LogP contribution in [0.2, 0.25) is 0 Å². The summed E-state index contributed by atoms with van der Waals surface area (Å²) in [7, 11) is -0.790. The molecule has 0 atom stereocenters. The van der Waals surface area contributed by atoms with Crippen molar-refractivity contribution < 1.29 is 28.3 Å². The van der Waals surface area contributed by atoms with Crippen molar-refractivity contribution in [3.8, 4) is 5.75 Å². The van der Waals surface area contributed by atoms with Gasteiger partial charge < -0.3 is 24.5 Å². The number of aromatic hydroxyl groups is 1.